The molecule has 1 aromatic carbocycles. The number of carbonyl (C=O) groups is 1. The molecule has 1 saturated heterocycles. The summed E-state index contributed by atoms with van der Waals surface area (Å²) in [6, 6.07) is 5.98. The molecule has 2 heterocycles. The average molecular weight is 257 g/mol. The Morgan fingerprint density at radius 3 is 2.79 bits per heavy atom. The van der Waals surface area contributed by atoms with E-state index in [0.717, 1.165) is 29.7 Å². The Hall–Kier alpha value is -2.17. The number of hydrogen-bond donors (Lipinski definition) is 1. The van der Waals surface area contributed by atoms with E-state index in [1.165, 1.54) is 0 Å². The van der Waals surface area contributed by atoms with Crippen molar-refractivity contribution in [2.75, 3.05) is 6.54 Å². The van der Waals surface area contributed by atoms with Gasteiger partial charge in [-0.2, -0.15) is 0 Å². The smallest absolute Gasteiger partial charge is 0.247 e. The summed E-state index contributed by atoms with van der Waals surface area (Å²) in [6.07, 6.45) is 0.837. The second-order valence-corrected chi connectivity index (χ2v) is 4.83. The molecule has 0 radical (unpaired) electrons. The van der Waals surface area contributed by atoms with Gasteiger partial charge in [0.05, 0.1) is 5.92 Å². The van der Waals surface area contributed by atoms with Crippen LogP contribution in [0.25, 0.3) is 11.5 Å². The highest BCUT2D eigenvalue weighted by Gasteiger charge is 2.26. The summed E-state index contributed by atoms with van der Waals surface area (Å²) in [6.45, 7) is 4.50. The molecule has 1 unspecified atom stereocenters. The third-order valence-electron chi connectivity index (χ3n) is 3.47. The van der Waals surface area contributed by atoms with Crippen LogP contribution in [0, 0.1) is 13.8 Å². The van der Waals surface area contributed by atoms with Crippen molar-refractivity contribution in [2.45, 2.75) is 26.2 Å². The van der Waals surface area contributed by atoms with Gasteiger partial charge >= 0.3 is 0 Å². The lowest BCUT2D eigenvalue weighted by molar-refractivity contribution is -0.120. The highest BCUT2D eigenvalue weighted by atomic mass is 16.4. The average Bonchev–Trinajstić information content (AvgIpc) is 2.99. The van der Waals surface area contributed by atoms with E-state index in [2.05, 4.69) is 15.5 Å². The van der Waals surface area contributed by atoms with Crippen LogP contribution in [0.1, 0.15) is 29.4 Å². The number of benzene rings is 1. The molecule has 1 aliphatic rings. The Kier molecular flexibility index (Phi) is 2.81. The lowest BCUT2D eigenvalue weighted by Crippen LogP contribution is -2.17. The topological polar surface area (TPSA) is 68.0 Å². The molecule has 5 heteroatoms. The first-order valence-electron chi connectivity index (χ1n) is 6.34. The number of amides is 1. The van der Waals surface area contributed by atoms with E-state index in [1.54, 1.807) is 6.92 Å². The highest BCUT2D eigenvalue weighted by molar-refractivity contribution is 5.86. The molecule has 0 saturated carbocycles. The van der Waals surface area contributed by atoms with Crippen molar-refractivity contribution in [1.29, 1.82) is 0 Å². The molecule has 2 aromatic rings. The van der Waals surface area contributed by atoms with E-state index in [-0.39, 0.29) is 11.8 Å². The quantitative estimate of drug-likeness (QED) is 0.893. The van der Waals surface area contributed by atoms with Crippen molar-refractivity contribution >= 4 is 5.91 Å². The Morgan fingerprint density at radius 2 is 2.16 bits per heavy atom. The summed E-state index contributed by atoms with van der Waals surface area (Å²) in [5.74, 6) is 1.08. The Morgan fingerprint density at radius 1 is 1.32 bits per heavy atom. The third kappa shape index (κ3) is 2.12. The molecule has 98 valence electrons. The number of aromatic nitrogens is 2. The number of nitrogens with one attached hydrogen (secondary N) is 1. The fourth-order valence-electron chi connectivity index (χ4n) is 2.40. The monoisotopic (exact) mass is 257 g/mol. The van der Waals surface area contributed by atoms with Gasteiger partial charge in [-0.05, 0) is 30.5 Å². The molecule has 0 aliphatic carbocycles. The predicted molar refractivity (Wildman–Crippen MR) is 69.6 cm³/mol. The molecule has 1 amide bonds. The highest BCUT2D eigenvalue weighted by Crippen LogP contribution is 2.29. The summed E-state index contributed by atoms with van der Waals surface area (Å²) >= 11 is 0. The Balaban J connectivity index is 2.03. The van der Waals surface area contributed by atoms with E-state index in [9.17, 15) is 4.79 Å². The second kappa shape index (κ2) is 4.50. The van der Waals surface area contributed by atoms with Crippen LogP contribution in [0.15, 0.2) is 22.6 Å². The first-order chi connectivity index (χ1) is 9.15. The van der Waals surface area contributed by atoms with E-state index in [0.29, 0.717) is 11.8 Å². The van der Waals surface area contributed by atoms with Crippen molar-refractivity contribution in [1.82, 2.24) is 15.5 Å². The summed E-state index contributed by atoms with van der Waals surface area (Å²) in [7, 11) is 0. The lowest BCUT2D eigenvalue weighted by atomic mass is 9.94. The molecule has 0 spiro atoms. The summed E-state index contributed by atoms with van der Waals surface area (Å²) < 4.78 is 5.47. The summed E-state index contributed by atoms with van der Waals surface area (Å²) in [5, 5.41) is 10.8. The van der Waals surface area contributed by atoms with Gasteiger partial charge in [0.2, 0.25) is 17.7 Å². The van der Waals surface area contributed by atoms with Gasteiger partial charge in [-0.25, -0.2) is 0 Å². The van der Waals surface area contributed by atoms with Crippen molar-refractivity contribution in [3.05, 3.63) is 35.2 Å². The SMILES string of the molecule is Cc1nnc(-c2cc(C3CCNC3=O)ccc2C)o1. The molecule has 5 nitrogen and oxygen atoms in total. The summed E-state index contributed by atoms with van der Waals surface area (Å²) in [5.41, 5.74) is 2.97. The van der Waals surface area contributed by atoms with Crippen LogP contribution in [0.2, 0.25) is 0 Å². The number of nitrogens with zero attached hydrogens (tertiary/aromatic N) is 2. The minimum absolute atomic E-state index is 0.0663. The first-order valence-corrected chi connectivity index (χ1v) is 6.34. The zero-order chi connectivity index (χ0) is 13.4. The van der Waals surface area contributed by atoms with Crippen molar-refractivity contribution in [2.24, 2.45) is 0 Å². The summed E-state index contributed by atoms with van der Waals surface area (Å²) in [4.78, 5) is 11.7. The van der Waals surface area contributed by atoms with Crippen LogP contribution >= 0.6 is 0 Å². The molecule has 3 rings (SSSR count). The zero-order valence-electron chi connectivity index (χ0n) is 10.9. The minimum Gasteiger partial charge on any atom is -0.421 e. The molecule has 1 N–H and O–H groups in total. The van der Waals surface area contributed by atoms with Gasteiger partial charge in [-0.15, -0.1) is 10.2 Å². The van der Waals surface area contributed by atoms with Gasteiger partial charge in [-0.1, -0.05) is 12.1 Å². The van der Waals surface area contributed by atoms with Crippen LogP contribution in [0.5, 0.6) is 0 Å². The van der Waals surface area contributed by atoms with E-state index < -0.39 is 0 Å². The van der Waals surface area contributed by atoms with Crippen LogP contribution in [-0.4, -0.2) is 22.6 Å². The largest absolute Gasteiger partial charge is 0.421 e. The number of aryl methyl sites for hydroxylation is 2. The van der Waals surface area contributed by atoms with Crippen LogP contribution in [0.3, 0.4) is 0 Å². The molecular weight excluding hydrogens is 242 g/mol. The van der Waals surface area contributed by atoms with Gasteiger partial charge in [0.25, 0.3) is 0 Å². The molecule has 0 bridgehead atoms. The van der Waals surface area contributed by atoms with Crippen LogP contribution in [0.4, 0.5) is 0 Å². The molecule has 1 atom stereocenters. The zero-order valence-corrected chi connectivity index (χ0v) is 10.9. The Bertz CT molecular complexity index is 633. The van der Waals surface area contributed by atoms with Crippen LogP contribution < -0.4 is 5.32 Å². The van der Waals surface area contributed by atoms with Crippen molar-refractivity contribution in [3.63, 3.8) is 0 Å². The number of rotatable bonds is 2. The maximum absolute atomic E-state index is 11.7. The van der Waals surface area contributed by atoms with E-state index >= 15 is 0 Å². The molecule has 19 heavy (non-hydrogen) atoms. The fraction of sp³-hybridized carbons (Fsp3) is 0.357. The normalized spacial score (nSPS) is 18.6. The van der Waals surface area contributed by atoms with E-state index in [1.807, 2.05) is 25.1 Å². The van der Waals surface area contributed by atoms with Gasteiger partial charge in [-0.3, -0.25) is 4.79 Å². The standard InChI is InChI=1S/C14H15N3O2/c1-8-3-4-10(11-5-6-15-13(11)18)7-12(8)14-17-16-9(2)19-14/h3-4,7,11H,5-6H2,1-2H3,(H,15,18). The number of carbonyl (C=O) groups excluding carboxylic acids is 1. The maximum atomic E-state index is 11.7. The number of hydrogen-bond acceptors (Lipinski definition) is 4. The predicted octanol–water partition coefficient (Wildman–Crippen LogP) is 1.96. The molecule has 1 fully saturated rings. The Labute approximate surface area is 111 Å². The van der Waals surface area contributed by atoms with Crippen molar-refractivity contribution < 1.29 is 9.21 Å². The van der Waals surface area contributed by atoms with E-state index in [4.69, 9.17) is 4.42 Å². The molecular formula is C14H15N3O2. The van der Waals surface area contributed by atoms with Crippen LogP contribution in [-0.2, 0) is 4.79 Å². The first kappa shape index (κ1) is 11.9. The van der Waals surface area contributed by atoms with Gasteiger partial charge in [0.15, 0.2) is 0 Å². The van der Waals surface area contributed by atoms with Gasteiger partial charge < -0.3 is 9.73 Å². The third-order valence-corrected chi connectivity index (χ3v) is 3.47. The van der Waals surface area contributed by atoms with Gasteiger partial charge in [0.1, 0.15) is 0 Å². The minimum atomic E-state index is -0.0663. The van der Waals surface area contributed by atoms with Gasteiger partial charge in [0, 0.05) is 19.0 Å². The maximum Gasteiger partial charge on any atom is 0.247 e. The molecule has 1 aliphatic heterocycles. The fourth-order valence-corrected chi connectivity index (χ4v) is 2.40. The second-order valence-electron chi connectivity index (χ2n) is 4.83. The molecule has 1 aromatic heterocycles. The lowest BCUT2D eigenvalue weighted by Gasteiger charge is -2.10. The van der Waals surface area contributed by atoms with Crippen molar-refractivity contribution in [3.8, 4) is 11.5 Å².